The molecule has 0 spiro atoms. The average molecular weight is 294 g/mol. The van der Waals surface area contributed by atoms with Gasteiger partial charge in [0.1, 0.15) is 0 Å². The fourth-order valence-electron chi connectivity index (χ4n) is 3.14. The number of rotatable bonds is 2. The molecule has 3 rings (SSSR count). The highest BCUT2D eigenvalue weighted by molar-refractivity contribution is 6.06. The maximum atomic E-state index is 12.9. The largest absolute Gasteiger partial charge is 0.308 e. The van der Waals surface area contributed by atoms with E-state index < -0.39 is 0 Å². The molecule has 1 atom stereocenters. The zero-order chi connectivity index (χ0) is 15.7. The Bertz CT molecular complexity index is 676. The predicted molar refractivity (Wildman–Crippen MR) is 90.3 cm³/mol. The second-order valence-electron chi connectivity index (χ2n) is 6.15. The summed E-state index contributed by atoms with van der Waals surface area (Å²) in [5.41, 5.74) is 4.20. The third-order valence-electron chi connectivity index (χ3n) is 4.38. The van der Waals surface area contributed by atoms with E-state index in [1.54, 1.807) is 0 Å². The number of benzene rings is 2. The van der Waals surface area contributed by atoms with Crippen molar-refractivity contribution in [2.75, 3.05) is 25.5 Å². The van der Waals surface area contributed by atoms with Gasteiger partial charge in [0.05, 0.1) is 0 Å². The molecule has 1 unspecified atom stereocenters. The van der Waals surface area contributed by atoms with Crippen molar-refractivity contribution in [3.8, 4) is 0 Å². The van der Waals surface area contributed by atoms with Crippen LogP contribution in [-0.4, -0.2) is 31.4 Å². The number of aryl methyl sites for hydroxylation is 1. The molecule has 2 aromatic rings. The van der Waals surface area contributed by atoms with Gasteiger partial charge < -0.3 is 9.80 Å². The average Bonchev–Trinajstić information content (AvgIpc) is 2.53. The topological polar surface area (TPSA) is 23.6 Å². The van der Waals surface area contributed by atoms with Gasteiger partial charge >= 0.3 is 0 Å². The van der Waals surface area contributed by atoms with Crippen molar-refractivity contribution in [3.63, 3.8) is 0 Å². The number of hydrogen-bond donors (Lipinski definition) is 0. The molecule has 1 amide bonds. The zero-order valence-corrected chi connectivity index (χ0v) is 13.4. The number of carbonyl (C=O) groups excluding carboxylic acids is 1. The van der Waals surface area contributed by atoms with Gasteiger partial charge in [-0.05, 0) is 51.2 Å². The molecular formula is C19H22N2O. The van der Waals surface area contributed by atoms with Crippen LogP contribution in [0.5, 0.6) is 0 Å². The maximum Gasteiger partial charge on any atom is 0.258 e. The van der Waals surface area contributed by atoms with Crippen LogP contribution >= 0.6 is 0 Å². The molecule has 1 aliphatic rings. The van der Waals surface area contributed by atoms with E-state index >= 15 is 0 Å². The van der Waals surface area contributed by atoms with Crippen molar-refractivity contribution in [2.24, 2.45) is 0 Å². The predicted octanol–water partition coefficient (Wildman–Crippen LogP) is 3.65. The first-order valence-corrected chi connectivity index (χ1v) is 7.72. The summed E-state index contributed by atoms with van der Waals surface area (Å²) in [5, 5.41) is 0. The Hall–Kier alpha value is -2.13. The lowest BCUT2D eigenvalue weighted by Gasteiger charge is -2.37. The highest BCUT2D eigenvalue weighted by Crippen LogP contribution is 2.36. The number of carbonyl (C=O) groups is 1. The summed E-state index contributed by atoms with van der Waals surface area (Å²) in [7, 11) is 4.19. The first-order chi connectivity index (χ1) is 10.6. The molecule has 0 saturated carbocycles. The van der Waals surface area contributed by atoms with E-state index in [4.69, 9.17) is 0 Å². The lowest BCUT2D eigenvalue weighted by molar-refractivity contribution is 0.0980. The van der Waals surface area contributed by atoms with Crippen LogP contribution in [0.1, 0.15) is 33.9 Å². The number of amides is 1. The molecule has 1 heterocycles. The summed E-state index contributed by atoms with van der Waals surface area (Å²) < 4.78 is 0. The van der Waals surface area contributed by atoms with E-state index in [1.807, 2.05) is 42.2 Å². The highest BCUT2D eigenvalue weighted by atomic mass is 16.2. The number of anilines is 1. The van der Waals surface area contributed by atoms with E-state index in [1.165, 1.54) is 11.1 Å². The Kier molecular flexibility index (Phi) is 3.99. The molecule has 1 aliphatic heterocycles. The minimum atomic E-state index is 0.0876. The lowest BCUT2D eigenvalue weighted by Crippen LogP contribution is -2.39. The molecule has 0 bridgehead atoms. The standard InChI is InChI=1S/C19H22N2O/c1-14-8-10-15(11-9-14)19(22)21-13-12-17(20(2)3)16-6-4-5-7-18(16)21/h4-11,17H,12-13H2,1-3H3. The minimum Gasteiger partial charge on any atom is -0.308 e. The van der Waals surface area contributed by atoms with Crippen LogP contribution in [0.25, 0.3) is 0 Å². The Morgan fingerprint density at radius 2 is 1.77 bits per heavy atom. The fraction of sp³-hybridized carbons (Fsp3) is 0.316. The molecule has 0 fully saturated rings. The van der Waals surface area contributed by atoms with Gasteiger partial charge in [0, 0.05) is 23.8 Å². The van der Waals surface area contributed by atoms with E-state index in [2.05, 4.69) is 37.2 Å². The number of fused-ring (bicyclic) bond motifs is 1. The summed E-state index contributed by atoms with van der Waals surface area (Å²) in [5.74, 6) is 0.0876. The van der Waals surface area contributed by atoms with E-state index in [9.17, 15) is 4.79 Å². The van der Waals surface area contributed by atoms with Crippen molar-refractivity contribution >= 4 is 11.6 Å². The molecule has 3 heteroatoms. The van der Waals surface area contributed by atoms with Crippen LogP contribution in [0.3, 0.4) is 0 Å². The van der Waals surface area contributed by atoms with Gasteiger partial charge in [-0.25, -0.2) is 0 Å². The second kappa shape index (κ2) is 5.93. The Labute approximate surface area is 132 Å². The van der Waals surface area contributed by atoms with Gasteiger partial charge in [-0.15, -0.1) is 0 Å². The monoisotopic (exact) mass is 294 g/mol. The number of hydrogen-bond acceptors (Lipinski definition) is 2. The highest BCUT2D eigenvalue weighted by Gasteiger charge is 2.29. The van der Waals surface area contributed by atoms with Gasteiger partial charge in [-0.3, -0.25) is 4.79 Å². The van der Waals surface area contributed by atoms with Crippen LogP contribution in [-0.2, 0) is 0 Å². The van der Waals surface area contributed by atoms with E-state index in [0.29, 0.717) is 6.04 Å². The Morgan fingerprint density at radius 3 is 2.45 bits per heavy atom. The molecule has 22 heavy (non-hydrogen) atoms. The number of para-hydroxylation sites is 1. The summed E-state index contributed by atoms with van der Waals surface area (Å²) in [4.78, 5) is 17.0. The van der Waals surface area contributed by atoms with Crippen molar-refractivity contribution < 1.29 is 4.79 Å². The quantitative estimate of drug-likeness (QED) is 0.844. The molecule has 2 aromatic carbocycles. The fourth-order valence-corrected chi connectivity index (χ4v) is 3.14. The van der Waals surface area contributed by atoms with E-state index in [0.717, 1.165) is 24.2 Å². The maximum absolute atomic E-state index is 12.9. The lowest BCUT2D eigenvalue weighted by atomic mass is 9.95. The molecule has 114 valence electrons. The molecule has 0 aromatic heterocycles. The molecule has 3 nitrogen and oxygen atoms in total. The Morgan fingerprint density at radius 1 is 1.09 bits per heavy atom. The molecule has 0 N–H and O–H groups in total. The van der Waals surface area contributed by atoms with Crippen molar-refractivity contribution in [1.29, 1.82) is 0 Å². The third-order valence-corrected chi connectivity index (χ3v) is 4.38. The van der Waals surface area contributed by atoms with Gasteiger partial charge in [-0.1, -0.05) is 35.9 Å². The van der Waals surface area contributed by atoms with Crippen molar-refractivity contribution in [3.05, 3.63) is 65.2 Å². The summed E-state index contributed by atoms with van der Waals surface area (Å²) >= 11 is 0. The van der Waals surface area contributed by atoms with Crippen LogP contribution < -0.4 is 4.90 Å². The molecular weight excluding hydrogens is 272 g/mol. The van der Waals surface area contributed by atoms with Gasteiger partial charge in [0.15, 0.2) is 0 Å². The van der Waals surface area contributed by atoms with Crippen molar-refractivity contribution in [2.45, 2.75) is 19.4 Å². The van der Waals surface area contributed by atoms with Crippen LogP contribution in [0.2, 0.25) is 0 Å². The minimum absolute atomic E-state index is 0.0876. The molecule has 0 radical (unpaired) electrons. The second-order valence-corrected chi connectivity index (χ2v) is 6.15. The van der Waals surface area contributed by atoms with Gasteiger partial charge in [0.25, 0.3) is 5.91 Å². The third kappa shape index (κ3) is 2.64. The van der Waals surface area contributed by atoms with Crippen molar-refractivity contribution in [1.82, 2.24) is 4.90 Å². The smallest absolute Gasteiger partial charge is 0.258 e. The Balaban J connectivity index is 1.96. The summed E-state index contributed by atoms with van der Waals surface area (Å²) in [6, 6.07) is 16.4. The van der Waals surface area contributed by atoms with Crippen LogP contribution in [0.4, 0.5) is 5.69 Å². The van der Waals surface area contributed by atoms with Crippen LogP contribution in [0, 0.1) is 6.92 Å². The van der Waals surface area contributed by atoms with E-state index in [-0.39, 0.29) is 5.91 Å². The molecule has 0 saturated heterocycles. The van der Waals surface area contributed by atoms with Gasteiger partial charge in [-0.2, -0.15) is 0 Å². The summed E-state index contributed by atoms with van der Waals surface area (Å²) in [6.07, 6.45) is 0.960. The SMILES string of the molecule is Cc1ccc(C(=O)N2CCC(N(C)C)c3ccccc32)cc1. The first kappa shape index (κ1) is 14.8. The molecule has 0 aliphatic carbocycles. The zero-order valence-electron chi connectivity index (χ0n) is 13.4. The van der Waals surface area contributed by atoms with Gasteiger partial charge in [0.2, 0.25) is 0 Å². The normalized spacial score (nSPS) is 17.5. The summed E-state index contributed by atoms with van der Waals surface area (Å²) in [6.45, 7) is 2.79. The number of nitrogens with zero attached hydrogens (tertiary/aromatic N) is 2. The van der Waals surface area contributed by atoms with Crippen LogP contribution in [0.15, 0.2) is 48.5 Å². The first-order valence-electron chi connectivity index (χ1n) is 7.72.